The topological polar surface area (TPSA) is 0 Å². The van der Waals surface area contributed by atoms with Crippen molar-refractivity contribution in [2.75, 3.05) is 0 Å². The third kappa shape index (κ3) is 0.763. The summed E-state index contributed by atoms with van der Waals surface area (Å²) in [5, 5.41) is 0. The maximum Gasteiger partial charge on any atom is 0.0240 e. The van der Waals surface area contributed by atoms with E-state index in [2.05, 4.69) is 38.2 Å². The molecule has 0 aromatic carbocycles. The summed E-state index contributed by atoms with van der Waals surface area (Å²) in [6.07, 6.45) is 10.7. The van der Waals surface area contributed by atoms with Gasteiger partial charge >= 0.3 is 0 Å². The van der Waals surface area contributed by atoms with E-state index in [0.717, 1.165) is 6.42 Å². The third-order valence-electron chi connectivity index (χ3n) is 3.42. The van der Waals surface area contributed by atoms with Crippen molar-refractivity contribution < 1.29 is 0 Å². The molecule has 0 aromatic rings. The fourth-order valence-corrected chi connectivity index (χ4v) is 2.95. The molecule has 0 spiro atoms. The van der Waals surface area contributed by atoms with Crippen LogP contribution in [0.1, 0.15) is 20.3 Å². The number of fused-ring (bicyclic) bond motifs is 5. The van der Waals surface area contributed by atoms with Crippen molar-refractivity contribution in [2.24, 2.45) is 11.8 Å². The van der Waals surface area contributed by atoms with E-state index in [1.54, 1.807) is 16.7 Å². The molecule has 0 nitrogen and oxygen atoms in total. The highest BCUT2D eigenvalue weighted by molar-refractivity contribution is 5.62. The third-order valence-corrected chi connectivity index (χ3v) is 3.42. The van der Waals surface area contributed by atoms with E-state index in [1.807, 2.05) is 0 Å². The SMILES string of the molecule is CC(C)=C1C2C=CC1C1=CCC=C12. The second kappa shape index (κ2) is 2.25. The molecule has 2 bridgehead atoms. The van der Waals surface area contributed by atoms with Gasteiger partial charge in [0.2, 0.25) is 0 Å². The average Bonchev–Trinajstić information content (AvgIpc) is 2.75. The summed E-state index contributed by atoms with van der Waals surface area (Å²) >= 11 is 0. The van der Waals surface area contributed by atoms with E-state index < -0.39 is 0 Å². The van der Waals surface area contributed by atoms with Crippen LogP contribution in [0.15, 0.2) is 46.6 Å². The molecule has 3 aliphatic carbocycles. The summed E-state index contributed by atoms with van der Waals surface area (Å²) < 4.78 is 0. The van der Waals surface area contributed by atoms with Crippen molar-refractivity contribution in [3.63, 3.8) is 0 Å². The standard InChI is InChI=1S/C13H14/c1-8(2)13-11-6-7-12(13)10-5-3-4-9(10)11/h4-7,11-12H,3H2,1-2H3. The van der Waals surface area contributed by atoms with Crippen LogP contribution < -0.4 is 0 Å². The average molecular weight is 170 g/mol. The van der Waals surface area contributed by atoms with Gasteiger partial charge in [0, 0.05) is 11.8 Å². The minimum Gasteiger partial charge on any atom is -0.0763 e. The Morgan fingerprint density at radius 2 is 1.62 bits per heavy atom. The molecule has 3 aliphatic rings. The Balaban J connectivity index is 2.22. The van der Waals surface area contributed by atoms with E-state index in [-0.39, 0.29) is 0 Å². The molecule has 13 heavy (non-hydrogen) atoms. The smallest absolute Gasteiger partial charge is 0.0240 e. The first kappa shape index (κ1) is 7.37. The van der Waals surface area contributed by atoms with Gasteiger partial charge < -0.3 is 0 Å². The summed E-state index contributed by atoms with van der Waals surface area (Å²) in [6, 6.07) is 0. The molecule has 0 heteroatoms. The number of allylic oxidation sites excluding steroid dienone is 8. The minimum atomic E-state index is 0.642. The maximum atomic E-state index is 2.40. The summed E-state index contributed by atoms with van der Waals surface area (Å²) in [6.45, 7) is 4.48. The second-order valence-corrected chi connectivity index (χ2v) is 4.35. The fourth-order valence-electron chi connectivity index (χ4n) is 2.95. The Morgan fingerprint density at radius 3 is 2.08 bits per heavy atom. The van der Waals surface area contributed by atoms with Gasteiger partial charge in [0.1, 0.15) is 0 Å². The van der Waals surface area contributed by atoms with Crippen molar-refractivity contribution in [1.29, 1.82) is 0 Å². The van der Waals surface area contributed by atoms with Crippen LogP contribution in [0.4, 0.5) is 0 Å². The van der Waals surface area contributed by atoms with Gasteiger partial charge in [-0.3, -0.25) is 0 Å². The quantitative estimate of drug-likeness (QED) is 0.489. The van der Waals surface area contributed by atoms with Gasteiger partial charge in [-0.2, -0.15) is 0 Å². The molecule has 2 unspecified atom stereocenters. The van der Waals surface area contributed by atoms with Crippen molar-refractivity contribution in [1.82, 2.24) is 0 Å². The minimum absolute atomic E-state index is 0.642. The highest BCUT2D eigenvalue weighted by Crippen LogP contribution is 2.54. The lowest BCUT2D eigenvalue weighted by molar-refractivity contribution is 0.919. The maximum absolute atomic E-state index is 2.40. The normalized spacial score (nSPS) is 33.5. The van der Waals surface area contributed by atoms with Crippen molar-refractivity contribution >= 4 is 0 Å². The highest BCUT2D eigenvalue weighted by Gasteiger charge is 2.41. The monoisotopic (exact) mass is 170 g/mol. The molecular formula is C13H14. The van der Waals surface area contributed by atoms with Crippen LogP contribution in [-0.2, 0) is 0 Å². The lowest BCUT2D eigenvalue weighted by Crippen LogP contribution is -1.94. The van der Waals surface area contributed by atoms with Gasteiger partial charge in [-0.1, -0.05) is 29.9 Å². The van der Waals surface area contributed by atoms with Gasteiger partial charge in [-0.15, -0.1) is 0 Å². The largest absolute Gasteiger partial charge is 0.0763 e. The van der Waals surface area contributed by atoms with Gasteiger partial charge in [-0.25, -0.2) is 0 Å². The zero-order chi connectivity index (χ0) is 9.00. The summed E-state index contributed by atoms with van der Waals surface area (Å²) in [5.41, 5.74) is 6.36. The Hall–Kier alpha value is -1.04. The molecule has 0 aromatic heterocycles. The number of hydrogen-bond donors (Lipinski definition) is 0. The zero-order valence-corrected chi connectivity index (χ0v) is 8.17. The van der Waals surface area contributed by atoms with Crippen LogP contribution in [0.2, 0.25) is 0 Å². The van der Waals surface area contributed by atoms with Crippen molar-refractivity contribution in [3.05, 3.63) is 46.6 Å². The summed E-state index contributed by atoms with van der Waals surface area (Å²) in [5.74, 6) is 1.28. The Labute approximate surface area is 79.3 Å². The van der Waals surface area contributed by atoms with E-state index in [9.17, 15) is 0 Å². The molecule has 1 fully saturated rings. The molecule has 0 heterocycles. The van der Waals surface area contributed by atoms with Crippen LogP contribution in [0.3, 0.4) is 0 Å². The molecular weight excluding hydrogens is 156 g/mol. The lowest BCUT2D eigenvalue weighted by Gasteiger charge is -2.06. The molecule has 3 rings (SSSR count). The molecule has 0 radical (unpaired) electrons. The predicted molar refractivity (Wildman–Crippen MR) is 55.3 cm³/mol. The zero-order valence-electron chi connectivity index (χ0n) is 8.17. The van der Waals surface area contributed by atoms with Gasteiger partial charge in [0.05, 0.1) is 0 Å². The molecule has 0 N–H and O–H groups in total. The Kier molecular flexibility index (Phi) is 1.28. The van der Waals surface area contributed by atoms with E-state index in [0.29, 0.717) is 11.8 Å². The fraction of sp³-hybridized carbons (Fsp3) is 0.385. The summed E-state index contributed by atoms with van der Waals surface area (Å²) in [7, 11) is 0. The van der Waals surface area contributed by atoms with E-state index in [1.165, 1.54) is 5.57 Å². The van der Waals surface area contributed by atoms with Crippen LogP contribution in [0.25, 0.3) is 0 Å². The van der Waals surface area contributed by atoms with E-state index >= 15 is 0 Å². The van der Waals surface area contributed by atoms with Crippen LogP contribution in [-0.4, -0.2) is 0 Å². The lowest BCUT2D eigenvalue weighted by atomic mass is 9.98. The number of rotatable bonds is 0. The first-order valence-corrected chi connectivity index (χ1v) is 5.05. The van der Waals surface area contributed by atoms with Crippen LogP contribution >= 0.6 is 0 Å². The van der Waals surface area contributed by atoms with Crippen molar-refractivity contribution in [2.45, 2.75) is 20.3 Å². The van der Waals surface area contributed by atoms with Crippen LogP contribution in [0.5, 0.6) is 0 Å². The second-order valence-electron chi connectivity index (χ2n) is 4.35. The first-order valence-electron chi connectivity index (χ1n) is 5.05. The molecule has 66 valence electrons. The molecule has 0 amide bonds. The molecule has 0 aliphatic heterocycles. The van der Waals surface area contributed by atoms with Gasteiger partial charge in [0.25, 0.3) is 0 Å². The first-order chi connectivity index (χ1) is 6.29. The molecule has 0 saturated heterocycles. The van der Waals surface area contributed by atoms with E-state index in [4.69, 9.17) is 0 Å². The molecule has 2 atom stereocenters. The Bertz CT molecular complexity index is 354. The number of hydrogen-bond acceptors (Lipinski definition) is 0. The highest BCUT2D eigenvalue weighted by atomic mass is 14.4. The predicted octanol–water partition coefficient (Wildman–Crippen LogP) is 3.40. The van der Waals surface area contributed by atoms with Crippen molar-refractivity contribution in [3.8, 4) is 0 Å². The van der Waals surface area contributed by atoms with Gasteiger partial charge in [-0.05, 0) is 37.0 Å². The molecule has 1 saturated carbocycles. The Morgan fingerprint density at radius 1 is 1.08 bits per heavy atom. The summed E-state index contributed by atoms with van der Waals surface area (Å²) in [4.78, 5) is 0. The van der Waals surface area contributed by atoms with Crippen LogP contribution in [0, 0.1) is 11.8 Å². The van der Waals surface area contributed by atoms with Gasteiger partial charge in [0.15, 0.2) is 0 Å².